The van der Waals surface area contributed by atoms with Crippen molar-refractivity contribution in [2.45, 2.75) is 13.5 Å². The van der Waals surface area contributed by atoms with E-state index in [1.54, 1.807) is 12.4 Å². The highest BCUT2D eigenvalue weighted by atomic mass is 16.2. The minimum atomic E-state index is -0.0312. The van der Waals surface area contributed by atoms with E-state index in [-0.39, 0.29) is 5.91 Å². The van der Waals surface area contributed by atoms with Gasteiger partial charge >= 0.3 is 0 Å². The van der Waals surface area contributed by atoms with Crippen LogP contribution in [0.2, 0.25) is 0 Å². The highest BCUT2D eigenvalue weighted by Crippen LogP contribution is 2.13. The molecule has 0 unspecified atom stereocenters. The van der Waals surface area contributed by atoms with Crippen molar-refractivity contribution >= 4 is 11.9 Å². The summed E-state index contributed by atoms with van der Waals surface area (Å²) in [4.78, 5) is 27.8. The zero-order valence-electron chi connectivity index (χ0n) is 14.9. The summed E-state index contributed by atoms with van der Waals surface area (Å²) in [6.07, 6.45) is 3.30. The molecule has 0 atom stereocenters. The van der Waals surface area contributed by atoms with E-state index in [0.29, 0.717) is 24.6 Å². The van der Waals surface area contributed by atoms with E-state index in [2.05, 4.69) is 26.8 Å². The Labute approximate surface area is 149 Å². The maximum Gasteiger partial charge on any atom is 0.257 e. The van der Waals surface area contributed by atoms with E-state index in [1.165, 1.54) is 0 Å². The molecule has 0 spiro atoms. The zero-order chi connectivity index (χ0) is 17.6. The van der Waals surface area contributed by atoms with Gasteiger partial charge in [0.15, 0.2) is 0 Å². The second-order valence-corrected chi connectivity index (χ2v) is 6.37. The maximum atomic E-state index is 12.7. The van der Waals surface area contributed by atoms with Gasteiger partial charge in [-0.2, -0.15) is 0 Å². The number of aromatic nitrogens is 2. The predicted molar refractivity (Wildman–Crippen MR) is 98.6 cm³/mol. The third kappa shape index (κ3) is 4.33. The number of rotatable bonds is 5. The number of nitrogens with zero attached hydrogens (tertiary/aromatic N) is 5. The predicted octanol–water partition coefficient (Wildman–Crippen LogP) is 1.89. The quantitative estimate of drug-likeness (QED) is 0.833. The summed E-state index contributed by atoms with van der Waals surface area (Å²) >= 11 is 0. The molecular weight excluding hydrogens is 314 g/mol. The minimum absolute atomic E-state index is 0.0312. The lowest BCUT2D eigenvalue weighted by Crippen LogP contribution is -2.45. The largest absolute Gasteiger partial charge is 0.338 e. The van der Waals surface area contributed by atoms with Crippen molar-refractivity contribution in [2.75, 3.05) is 44.7 Å². The molecule has 1 aromatic carbocycles. The smallest absolute Gasteiger partial charge is 0.257 e. The summed E-state index contributed by atoms with van der Waals surface area (Å²) in [7, 11) is 2.12. The number of piperazine rings is 1. The molecule has 0 aliphatic carbocycles. The number of anilines is 1. The third-order valence-electron chi connectivity index (χ3n) is 4.56. The first-order valence-electron chi connectivity index (χ1n) is 8.76. The van der Waals surface area contributed by atoms with Crippen molar-refractivity contribution in [3.63, 3.8) is 0 Å². The van der Waals surface area contributed by atoms with Gasteiger partial charge in [-0.25, -0.2) is 9.97 Å². The summed E-state index contributed by atoms with van der Waals surface area (Å²) in [6, 6.07) is 10.0. The van der Waals surface area contributed by atoms with Crippen LogP contribution >= 0.6 is 0 Å². The number of carbonyl (C=O) groups excluding carboxylic acids is 1. The molecule has 0 saturated carbocycles. The average molecular weight is 339 g/mol. The Balaban J connectivity index is 1.67. The summed E-state index contributed by atoms with van der Waals surface area (Å²) in [6.45, 7) is 7.07. The van der Waals surface area contributed by atoms with E-state index >= 15 is 0 Å². The molecule has 1 aromatic heterocycles. The van der Waals surface area contributed by atoms with Gasteiger partial charge in [-0.1, -0.05) is 30.3 Å². The van der Waals surface area contributed by atoms with E-state index < -0.39 is 0 Å². The Bertz CT molecular complexity index is 681. The number of carbonyl (C=O) groups is 1. The lowest BCUT2D eigenvalue weighted by atomic mass is 10.2. The fourth-order valence-corrected chi connectivity index (χ4v) is 2.92. The van der Waals surface area contributed by atoms with Crippen LogP contribution in [0.15, 0.2) is 42.7 Å². The van der Waals surface area contributed by atoms with Crippen LogP contribution < -0.4 is 4.90 Å². The first-order chi connectivity index (χ1) is 12.2. The van der Waals surface area contributed by atoms with Gasteiger partial charge in [-0.3, -0.25) is 4.79 Å². The SMILES string of the molecule is CCN(Cc1ccccc1)C(=O)c1cnc(N2CCN(C)CC2)nc1. The van der Waals surface area contributed by atoms with Crippen LogP contribution in [0, 0.1) is 0 Å². The zero-order valence-corrected chi connectivity index (χ0v) is 14.9. The van der Waals surface area contributed by atoms with Crippen molar-refractivity contribution < 1.29 is 4.79 Å². The molecule has 2 heterocycles. The van der Waals surface area contributed by atoms with Crippen LogP contribution in [-0.4, -0.2) is 65.4 Å². The molecule has 1 saturated heterocycles. The molecule has 6 nitrogen and oxygen atoms in total. The Kier molecular flexibility index (Phi) is 5.60. The van der Waals surface area contributed by atoms with Crippen LogP contribution in [0.1, 0.15) is 22.8 Å². The molecular formula is C19H25N5O. The van der Waals surface area contributed by atoms with Gasteiger partial charge < -0.3 is 14.7 Å². The molecule has 3 rings (SSSR count). The molecule has 1 fully saturated rings. The van der Waals surface area contributed by atoms with Gasteiger partial charge in [0.2, 0.25) is 5.95 Å². The topological polar surface area (TPSA) is 52.6 Å². The lowest BCUT2D eigenvalue weighted by molar-refractivity contribution is 0.0751. The fourth-order valence-electron chi connectivity index (χ4n) is 2.92. The van der Waals surface area contributed by atoms with Crippen molar-refractivity contribution in [1.82, 2.24) is 19.8 Å². The molecule has 1 amide bonds. The standard InChI is InChI=1S/C19H25N5O/c1-3-23(15-16-7-5-4-6-8-16)18(25)17-13-20-19(21-14-17)24-11-9-22(2)10-12-24/h4-8,13-14H,3,9-12,15H2,1-2H3. The van der Waals surface area contributed by atoms with Crippen LogP contribution in [-0.2, 0) is 6.54 Å². The van der Waals surface area contributed by atoms with Gasteiger partial charge in [0.05, 0.1) is 5.56 Å². The van der Waals surface area contributed by atoms with Crippen molar-refractivity contribution in [2.24, 2.45) is 0 Å². The summed E-state index contributed by atoms with van der Waals surface area (Å²) < 4.78 is 0. The monoisotopic (exact) mass is 339 g/mol. The van der Waals surface area contributed by atoms with Gasteiger partial charge in [-0.15, -0.1) is 0 Å². The molecule has 132 valence electrons. The lowest BCUT2D eigenvalue weighted by Gasteiger charge is -2.32. The van der Waals surface area contributed by atoms with Crippen LogP contribution in [0.5, 0.6) is 0 Å². The Morgan fingerprint density at radius 3 is 2.32 bits per heavy atom. The van der Waals surface area contributed by atoms with E-state index in [1.807, 2.05) is 42.2 Å². The third-order valence-corrected chi connectivity index (χ3v) is 4.56. The first-order valence-corrected chi connectivity index (χ1v) is 8.76. The second-order valence-electron chi connectivity index (χ2n) is 6.37. The molecule has 1 aliphatic heterocycles. The van der Waals surface area contributed by atoms with Crippen LogP contribution in [0.4, 0.5) is 5.95 Å². The average Bonchev–Trinajstić information content (AvgIpc) is 2.67. The fraction of sp³-hybridized carbons (Fsp3) is 0.421. The molecule has 1 aliphatic rings. The van der Waals surface area contributed by atoms with E-state index in [4.69, 9.17) is 0 Å². The second kappa shape index (κ2) is 8.07. The van der Waals surface area contributed by atoms with Crippen molar-refractivity contribution in [1.29, 1.82) is 0 Å². The minimum Gasteiger partial charge on any atom is -0.338 e. The van der Waals surface area contributed by atoms with Gasteiger partial charge in [0.1, 0.15) is 0 Å². The summed E-state index contributed by atoms with van der Waals surface area (Å²) in [5.41, 5.74) is 1.66. The summed E-state index contributed by atoms with van der Waals surface area (Å²) in [5, 5.41) is 0. The number of benzene rings is 1. The Morgan fingerprint density at radius 2 is 1.72 bits per heavy atom. The van der Waals surface area contributed by atoms with Crippen LogP contribution in [0.3, 0.4) is 0 Å². The highest BCUT2D eigenvalue weighted by molar-refractivity contribution is 5.93. The highest BCUT2D eigenvalue weighted by Gasteiger charge is 2.19. The van der Waals surface area contributed by atoms with Crippen LogP contribution in [0.25, 0.3) is 0 Å². The van der Waals surface area contributed by atoms with Crippen molar-refractivity contribution in [3.8, 4) is 0 Å². The summed E-state index contributed by atoms with van der Waals surface area (Å²) in [5.74, 6) is 0.673. The molecule has 2 aromatic rings. The molecule has 0 N–H and O–H groups in total. The number of hydrogen-bond acceptors (Lipinski definition) is 5. The molecule has 0 bridgehead atoms. The number of likely N-dealkylation sites (N-methyl/N-ethyl adjacent to an activating group) is 1. The molecule has 6 heteroatoms. The van der Waals surface area contributed by atoms with Gasteiger partial charge in [0, 0.05) is 51.7 Å². The molecule has 25 heavy (non-hydrogen) atoms. The molecule has 0 radical (unpaired) electrons. The van der Waals surface area contributed by atoms with E-state index in [0.717, 1.165) is 31.7 Å². The number of hydrogen-bond donors (Lipinski definition) is 0. The van der Waals surface area contributed by atoms with E-state index in [9.17, 15) is 4.79 Å². The normalized spacial score (nSPS) is 15.2. The Morgan fingerprint density at radius 1 is 1.08 bits per heavy atom. The maximum absolute atomic E-state index is 12.7. The first kappa shape index (κ1) is 17.4. The van der Waals surface area contributed by atoms with Crippen molar-refractivity contribution in [3.05, 3.63) is 53.9 Å². The number of amides is 1. The van der Waals surface area contributed by atoms with Gasteiger partial charge in [0.25, 0.3) is 5.91 Å². The Hall–Kier alpha value is -2.47. The van der Waals surface area contributed by atoms with Gasteiger partial charge in [-0.05, 0) is 19.5 Å².